The first kappa shape index (κ1) is 13.9. The zero-order chi connectivity index (χ0) is 13.8. The number of nitrogens with one attached hydrogen (secondary N) is 2. The van der Waals surface area contributed by atoms with E-state index in [-0.39, 0.29) is 0 Å². The Hall–Kier alpha value is -1.52. The highest BCUT2D eigenvalue weighted by molar-refractivity contribution is 6.34. The fourth-order valence-electron chi connectivity index (χ4n) is 1.61. The minimum atomic E-state index is 0.445. The van der Waals surface area contributed by atoms with Gasteiger partial charge in [-0.1, -0.05) is 35.3 Å². The minimum absolute atomic E-state index is 0.445. The number of anilines is 3. The van der Waals surface area contributed by atoms with Crippen LogP contribution in [0, 0.1) is 6.92 Å². The van der Waals surface area contributed by atoms with Crippen molar-refractivity contribution in [2.24, 2.45) is 0 Å². The zero-order valence-corrected chi connectivity index (χ0v) is 12.2. The molecule has 0 atom stereocenters. The molecule has 0 saturated carbocycles. The molecule has 6 heteroatoms. The maximum absolute atomic E-state index is 6.17. The molecule has 0 aliphatic carbocycles. The van der Waals surface area contributed by atoms with Gasteiger partial charge in [-0.2, -0.15) is 4.98 Å². The van der Waals surface area contributed by atoms with Crippen molar-refractivity contribution >= 4 is 40.7 Å². The van der Waals surface area contributed by atoms with E-state index in [4.69, 9.17) is 23.2 Å². The van der Waals surface area contributed by atoms with Crippen molar-refractivity contribution in [3.8, 4) is 0 Å². The first-order valence-electron chi connectivity index (χ1n) is 5.90. The summed E-state index contributed by atoms with van der Waals surface area (Å²) in [5, 5.41) is 7.26. The molecule has 0 amide bonds. The summed E-state index contributed by atoms with van der Waals surface area (Å²) in [5.74, 6) is 1.06. The predicted molar refractivity (Wildman–Crippen MR) is 80.7 cm³/mol. The average Bonchev–Trinajstić information content (AvgIpc) is 2.38. The number of nitrogens with zero attached hydrogens (tertiary/aromatic N) is 2. The van der Waals surface area contributed by atoms with Crippen LogP contribution in [0.25, 0.3) is 0 Å². The molecular weight excluding hydrogens is 283 g/mol. The van der Waals surface area contributed by atoms with E-state index >= 15 is 0 Å². The van der Waals surface area contributed by atoms with Crippen molar-refractivity contribution in [3.05, 3.63) is 40.0 Å². The number of hydrogen-bond donors (Lipinski definition) is 2. The second kappa shape index (κ2) is 6.08. The third-order valence-electron chi connectivity index (χ3n) is 2.54. The van der Waals surface area contributed by atoms with Gasteiger partial charge in [-0.15, -0.1) is 0 Å². The Morgan fingerprint density at radius 2 is 2.00 bits per heavy atom. The molecule has 0 saturated heterocycles. The largest absolute Gasteiger partial charge is 0.354 e. The number of aryl methyl sites for hydroxylation is 1. The van der Waals surface area contributed by atoms with E-state index in [1.54, 1.807) is 6.20 Å². The molecule has 2 rings (SSSR count). The third kappa shape index (κ3) is 3.28. The van der Waals surface area contributed by atoms with Crippen LogP contribution in [0.1, 0.15) is 12.5 Å². The molecular formula is C13H14Cl2N4. The molecule has 0 fully saturated rings. The molecule has 1 heterocycles. The van der Waals surface area contributed by atoms with Crippen LogP contribution in [0.3, 0.4) is 0 Å². The van der Waals surface area contributed by atoms with Gasteiger partial charge in [0.15, 0.2) is 5.82 Å². The Kier molecular flexibility index (Phi) is 4.45. The van der Waals surface area contributed by atoms with Gasteiger partial charge >= 0.3 is 0 Å². The Balaban J connectivity index is 2.35. The van der Waals surface area contributed by atoms with Crippen molar-refractivity contribution in [3.63, 3.8) is 0 Å². The molecule has 19 heavy (non-hydrogen) atoms. The van der Waals surface area contributed by atoms with Crippen LogP contribution in [-0.4, -0.2) is 16.5 Å². The summed E-state index contributed by atoms with van der Waals surface area (Å²) in [4.78, 5) is 8.40. The smallest absolute Gasteiger partial charge is 0.224 e. The highest BCUT2D eigenvalue weighted by Crippen LogP contribution is 2.30. The summed E-state index contributed by atoms with van der Waals surface area (Å²) >= 11 is 12.3. The second-order valence-corrected chi connectivity index (χ2v) is 4.79. The van der Waals surface area contributed by atoms with E-state index < -0.39 is 0 Å². The highest BCUT2D eigenvalue weighted by atomic mass is 35.5. The van der Waals surface area contributed by atoms with Crippen molar-refractivity contribution in [2.75, 3.05) is 17.2 Å². The van der Waals surface area contributed by atoms with Crippen LogP contribution in [0.4, 0.5) is 17.5 Å². The molecule has 4 nitrogen and oxygen atoms in total. The maximum atomic E-state index is 6.17. The molecule has 0 bridgehead atoms. The minimum Gasteiger partial charge on any atom is -0.354 e. The maximum Gasteiger partial charge on any atom is 0.224 e. The van der Waals surface area contributed by atoms with Crippen LogP contribution in [-0.2, 0) is 0 Å². The SMILES string of the molecule is CCNc1ncc(Cl)c(Nc2c(C)cccc2Cl)n1. The molecule has 2 N–H and O–H groups in total. The van der Waals surface area contributed by atoms with Crippen LogP contribution in [0.15, 0.2) is 24.4 Å². The van der Waals surface area contributed by atoms with Crippen molar-refractivity contribution < 1.29 is 0 Å². The Morgan fingerprint density at radius 1 is 1.21 bits per heavy atom. The van der Waals surface area contributed by atoms with Crippen LogP contribution in [0.5, 0.6) is 0 Å². The highest BCUT2D eigenvalue weighted by Gasteiger charge is 2.09. The quantitative estimate of drug-likeness (QED) is 0.885. The van der Waals surface area contributed by atoms with E-state index in [1.165, 1.54) is 0 Å². The number of para-hydroxylation sites is 1. The van der Waals surface area contributed by atoms with E-state index in [0.717, 1.165) is 17.8 Å². The first-order chi connectivity index (χ1) is 9.11. The lowest BCUT2D eigenvalue weighted by molar-refractivity contribution is 1.09. The van der Waals surface area contributed by atoms with E-state index in [1.807, 2.05) is 32.0 Å². The van der Waals surface area contributed by atoms with Crippen LogP contribution < -0.4 is 10.6 Å². The molecule has 0 aliphatic rings. The molecule has 100 valence electrons. The molecule has 1 aromatic heterocycles. The van der Waals surface area contributed by atoms with Crippen molar-refractivity contribution in [1.82, 2.24) is 9.97 Å². The van der Waals surface area contributed by atoms with Gasteiger partial charge in [-0.05, 0) is 25.5 Å². The number of aromatic nitrogens is 2. The lowest BCUT2D eigenvalue weighted by atomic mass is 10.2. The molecule has 0 radical (unpaired) electrons. The first-order valence-corrected chi connectivity index (χ1v) is 6.66. The fraction of sp³-hybridized carbons (Fsp3) is 0.231. The third-order valence-corrected chi connectivity index (χ3v) is 3.14. The number of halogens is 2. The number of hydrogen-bond acceptors (Lipinski definition) is 4. The topological polar surface area (TPSA) is 49.8 Å². The Bertz CT molecular complexity index is 567. The monoisotopic (exact) mass is 296 g/mol. The lowest BCUT2D eigenvalue weighted by Crippen LogP contribution is -2.05. The average molecular weight is 297 g/mol. The van der Waals surface area contributed by atoms with Crippen molar-refractivity contribution in [1.29, 1.82) is 0 Å². The van der Waals surface area contributed by atoms with Crippen molar-refractivity contribution in [2.45, 2.75) is 13.8 Å². The summed E-state index contributed by atoms with van der Waals surface area (Å²) in [5.41, 5.74) is 1.82. The summed E-state index contributed by atoms with van der Waals surface area (Å²) in [6.45, 7) is 4.68. The molecule has 0 aliphatic heterocycles. The van der Waals surface area contributed by atoms with Gasteiger partial charge in [-0.3, -0.25) is 0 Å². The van der Waals surface area contributed by atoms with Gasteiger partial charge in [-0.25, -0.2) is 4.98 Å². The standard InChI is InChI=1S/C13H14Cl2N4/c1-3-16-13-17-7-10(15)12(19-13)18-11-8(2)5-4-6-9(11)14/h4-7H,3H2,1-2H3,(H2,16,17,18,19). The normalized spacial score (nSPS) is 10.3. The lowest BCUT2D eigenvalue weighted by Gasteiger charge is -2.12. The summed E-state index contributed by atoms with van der Waals surface area (Å²) in [6, 6.07) is 5.68. The summed E-state index contributed by atoms with van der Waals surface area (Å²) in [7, 11) is 0. The van der Waals surface area contributed by atoms with Crippen LogP contribution >= 0.6 is 23.2 Å². The van der Waals surface area contributed by atoms with E-state index in [2.05, 4.69) is 20.6 Å². The molecule has 0 unspecified atom stereocenters. The summed E-state index contributed by atoms with van der Waals surface area (Å²) < 4.78 is 0. The summed E-state index contributed by atoms with van der Waals surface area (Å²) in [6.07, 6.45) is 1.56. The zero-order valence-electron chi connectivity index (χ0n) is 10.7. The number of rotatable bonds is 4. The second-order valence-electron chi connectivity index (χ2n) is 3.98. The fourth-order valence-corrected chi connectivity index (χ4v) is 2.01. The molecule has 0 spiro atoms. The van der Waals surface area contributed by atoms with Gasteiger partial charge in [0.05, 0.1) is 16.9 Å². The van der Waals surface area contributed by atoms with Gasteiger partial charge in [0.25, 0.3) is 0 Å². The van der Waals surface area contributed by atoms with Gasteiger partial charge in [0.1, 0.15) is 5.02 Å². The van der Waals surface area contributed by atoms with E-state index in [9.17, 15) is 0 Å². The molecule has 2 aromatic rings. The predicted octanol–water partition coefficient (Wildman–Crippen LogP) is 4.27. The number of benzene rings is 1. The van der Waals surface area contributed by atoms with Crippen LogP contribution in [0.2, 0.25) is 10.0 Å². The van der Waals surface area contributed by atoms with E-state index in [0.29, 0.717) is 21.8 Å². The Labute approximate surface area is 122 Å². The molecule has 1 aromatic carbocycles. The van der Waals surface area contributed by atoms with Gasteiger partial charge in [0.2, 0.25) is 5.95 Å². The van der Waals surface area contributed by atoms with Gasteiger partial charge in [0, 0.05) is 6.54 Å². The van der Waals surface area contributed by atoms with Gasteiger partial charge < -0.3 is 10.6 Å². The Morgan fingerprint density at radius 3 is 2.68 bits per heavy atom.